The van der Waals surface area contributed by atoms with Crippen molar-refractivity contribution < 1.29 is 54.1 Å². The summed E-state index contributed by atoms with van der Waals surface area (Å²) in [4.78, 5) is 42.2. The zero-order valence-corrected chi connectivity index (χ0v) is 23.6. The van der Waals surface area contributed by atoms with Gasteiger partial charge in [0.05, 0.1) is 42.0 Å². The molecule has 5 N–H and O–H groups in total. The number of hydrogen-bond acceptors (Lipinski definition) is 12. The number of aliphatic hydroxyl groups is 3. The molecule has 0 amide bonds. The highest BCUT2D eigenvalue weighted by Crippen LogP contribution is 2.52. The molecule has 0 aromatic heterocycles. The number of rotatable bonds is 6. The number of aliphatic hydroxyl groups excluding tert-OH is 2. The maximum atomic E-state index is 13.8. The van der Waals surface area contributed by atoms with Gasteiger partial charge in [0.15, 0.2) is 17.9 Å². The molecule has 2 heterocycles. The molecular formula is C31H33NO11. The Kier molecular flexibility index (Phi) is 7.30. The molecular weight excluding hydrogens is 562 g/mol. The normalized spacial score (nSPS) is 29.7. The first-order chi connectivity index (χ1) is 20.5. The van der Waals surface area contributed by atoms with Gasteiger partial charge in [-0.2, -0.15) is 0 Å². The maximum absolute atomic E-state index is 13.8. The Morgan fingerprint density at radius 2 is 1.88 bits per heavy atom. The third-order valence-electron chi connectivity index (χ3n) is 9.01. The van der Waals surface area contributed by atoms with Crippen LogP contribution in [0.4, 0.5) is 0 Å². The highest BCUT2D eigenvalue weighted by molar-refractivity contribution is 6.31. The molecule has 2 aromatic carbocycles. The zero-order chi connectivity index (χ0) is 30.8. The van der Waals surface area contributed by atoms with Gasteiger partial charge in [-0.3, -0.25) is 14.4 Å². The summed E-state index contributed by atoms with van der Waals surface area (Å²) in [6.45, 7) is 1.37. The molecule has 6 atom stereocenters. The maximum Gasteiger partial charge on any atom is 0.202 e. The minimum Gasteiger partial charge on any atom is -0.507 e. The first-order valence-electron chi connectivity index (χ1n) is 14.2. The van der Waals surface area contributed by atoms with Gasteiger partial charge in [-0.15, -0.1) is 0 Å². The van der Waals surface area contributed by atoms with Crippen molar-refractivity contribution >= 4 is 17.3 Å². The predicted molar refractivity (Wildman–Crippen MR) is 148 cm³/mol. The molecule has 0 radical (unpaired) electrons. The number of hydrogen-bond donors (Lipinski definition) is 5. The minimum atomic E-state index is -2.23. The van der Waals surface area contributed by atoms with E-state index < -0.39 is 89.6 Å². The van der Waals surface area contributed by atoms with Crippen molar-refractivity contribution in [2.24, 2.45) is 0 Å². The molecule has 6 rings (SSSR count). The molecule has 0 saturated carbocycles. The van der Waals surface area contributed by atoms with Crippen LogP contribution >= 0.6 is 0 Å². The molecule has 2 aliphatic carbocycles. The summed E-state index contributed by atoms with van der Waals surface area (Å²) < 4.78 is 17.5. The van der Waals surface area contributed by atoms with Gasteiger partial charge in [-0.1, -0.05) is 18.2 Å². The Bertz CT molecular complexity index is 1550. The van der Waals surface area contributed by atoms with Gasteiger partial charge < -0.3 is 44.6 Å². The minimum absolute atomic E-state index is 0.0399. The fourth-order valence-corrected chi connectivity index (χ4v) is 6.81. The Hall–Kier alpha value is -3.81. The summed E-state index contributed by atoms with van der Waals surface area (Å²) in [5.74, 6) is -3.66. The van der Waals surface area contributed by atoms with Crippen LogP contribution in [-0.4, -0.2) is 98.2 Å². The van der Waals surface area contributed by atoms with Gasteiger partial charge in [0.2, 0.25) is 5.78 Å². The van der Waals surface area contributed by atoms with E-state index in [1.54, 1.807) is 6.92 Å². The lowest BCUT2D eigenvalue weighted by Gasteiger charge is -2.44. The number of carbonyl (C=O) groups excluding carboxylic acids is 3. The van der Waals surface area contributed by atoms with Crippen LogP contribution in [0.1, 0.15) is 75.3 Å². The van der Waals surface area contributed by atoms with E-state index in [1.165, 1.54) is 25.3 Å². The van der Waals surface area contributed by atoms with E-state index in [0.717, 1.165) is 6.42 Å². The fourth-order valence-electron chi connectivity index (χ4n) is 6.81. The summed E-state index contributed by atoms with van der Waals surface area (Å²) in [7, 11) is 1.34. The van der Waals surface area contributed by atoms with Crippen molar-refractivity contribution in [2.75, 3.05) is 20.3 Å². The lowest BCUT2D eigenvalue weighted by molar-refractivity contribution is -0.256. The molecule has 12 heteroatoms. The third-order valence-corrected chi connectivity index (χ3v) is 9.01. The molecule has 4 unspecified atom stereocenters. The van der Waals surface area contributed by atoms with Crippen LogP contribution in [0.5, 0.6) is 17.2 Å². The quantitative estimate of drug-likeness (QED) is 0.258. The number of phenolic OH excluding ortho intramolecular Hbond substituents is 2. The Morgan fingerprint density at radius 1 is 1.14 bits per heavy atom. The molecule has 228 valence electrons. The molecule has 4 aliphatic rings. The summed E-state index contributed by atoms with van der Waals surface area (Å²) in [5, 5.41) is 55.0. The Balaban J connectivity index is 1.47. The SMILES string of the molecule is COc1cccc2c1C(=O)c1c(O)c3c(c(O)c1C2=O)C[C@@](O)(C(=O)CO)C[C@@H]3OC1CC(N2C=CCC2)C(O)C(C)O1. The number of fused-ring (bicyclic) bond motifs is 3. The van der Waals surface area contributed by atoms with E-state index >= 15 is 0 Å². The van der Waals surface area contributed by atoms with Crippen LogP contribution in [0.3, 0.4) is 0 Å². The first kappa shape index (κ1) is 29.3. The van der Waals surface area contributed by atoms with Crippen molar-refractivity contribution in [1.29, 1.82) is 0 Å². The highest BCUT2D eigenvalue weighted by atomic mass is 16.7. The van der Waals surface area contributed by atoms with Gasteiger partial charge in [0, 0.05) is 42.5 Å². The lowest BCUT2D eigenvalue weighted by Crippen LogP contribution is -2.54. The van der Waals surface area contributed by atoms with E-state index in [-0.39, 0.29) is 40.5 Å². The van der Waals surface area contributed by atoms with Gasteiger partial charge in [-0.05, 0) is 25.6 Å². The van der Waals surface area contributed by atoms with Crippen molar-refractivity contribution in [3.63, 3.8) is 0 Å². The van der Waals surface area contributed by atoms with Gasteiger partial charge in [0.1, 0.15) is 35.6 Å². The summed E-state index contributed by atoms with van der Waals surface area (Å²) in [6.07, 6.45) is 0.0782. The second-order valence-electron chi connectivity index (χ2n) is 11.5. The molecule has 43 heavy (non-hydrogen) atoms. The van der Waals surface area contributed by atoms with Crippen LogP contribution in [0.2, 0.25) is 0 Å². The summed E-state index contributed by atoms with van der Waals surface area (Å²) in [5.41, 5.74) is -3.49. The number of ether oxygens (including phenoxy) is 3. The van der Waals surface area contributed by atoms with Gasteiger partial charge in [-0.25, -0.2) is 0 Å². The second kappa shape index (κ2) is 10.7. The summed E-state index contributed by atoms with van der Waals surface area (Å²) in [6, 6.07) is 4.04. The Labute approximate surface area is 246 Å². The van der Waals surface area contributed by atoms with Crippen LogP contribution in [0.15, 0.2) is 30.5 Å². The van der Waals surface area contributed by atoms with E-state index in [1.807, 2.05) is 17.2 Å². The molecule has 1 fully saturated rings. The molecule has 12 nitrogen and oxygen atoms in total. The fraction of sp³-hybridized carbons (Fsp3) is 0.452. The van der Waals surface area contributed by atoms with Crippen LogP contribution in [0.25, 0.3) is 0 Å². The van der Waals surface area contributed by atoms with E-state index in [0.29, 0.717) is 6.54 Å². The number of aromatic hydroxyl groups is 2. The van der Waals surface area contributed by atoms with Crippen LogP contribution in [-0.2, 0) is 20.7 Å². The number of Topliss-reactive ketones (excluding diaryl/α,β-unsaturated/α-hetero) is 1. The number of benzene rings is 2. The van der Waals surface area contributed by atoms with Gasteiger partial charge >= 0.3 is 0 Å². The average molecular weight is 596 g/mol. The van der Waals surface area contributed by atoms with Crippen LogP contribution < -0.4 is 4.74 Å². The molecule has 2 aromatic rings. The zero-order valence-electron chi connectivity index (χ0n) is 23.6. The van der Waals surface area contributed by atoms with Crippen LogP contribution in [0, 0.1) is 0 Å². The van der Waals surface area contributed by atoms with E-state index in [9.17, 15) is 39.9 Å². The predicted octanol–water partition coefficient (Wildman–Crippen LogP) is 1.26. The van der Waals surface area contributed by atoms with E-state index in [4.69, 9.17) is 14.2 Å². The van der Waals surface area contributed by atoms with E-state index in [2.05, 4.69) is 0 Å². The van der Waals surface area contributed by atoms with Crippen molar-refractivity contribution in [3.8, 4) is 17.2 Å². The lowest BCUT2D eigenvalue weighted by atomic mass is 9.72. The number of ketones is 3. The Morgan fingerprint density at radius 3 is 2.56 bits per heavy atom. The molecule has 1 saturated heterocycles. The smallest absolute Gasteiger partial charge is 0.202 e. The number of phenols is 2. The standard InChI is InChI=1S/C31H33NO11/c1-14-26(35)17(32-8-3-4-9-32)10-21(42-14)43-19-12-31(40,20(34)13-33)11-16-23(19)30(39)25-24(28(16)37)27(36)15-6-5-7-18(41-2)22(15)29(25)38/h3,5-8,14,17,19,21,26,33,35,37,39-40H,4,9-13H2,1-2H3/t14?,17?,19-,21?,26?,31-/m0/s1. The third kappa shape index (κ3) is 4.52. The summed E-state index contributed by atoms with van der Waals surface area (Å²) >= 11 is 0. The average Bonchev–Trinajstić information content (AvgIpc) is 3.53. The first-order valence-corrected chi connectivity index (χ1v) is 14.2. The second-order valence-corrected chi connectivity index (χ2v) is 11.5. The number of carbonyl (C=O) groups is 3. The number of methoxy groups -OCH3 is 1. The molecule has 2 aliphatic heterocycles. The number of nitrogens with zero attached hydrogens (tertiary/aromatic N) is 1. The van der Waals surface area contributed by atoms with Crippen molar-refractivity contribution in [3.05, 3.63) is 63.9 Å². The van der Waals surface area contributed by atoms with Gasteiger partial charge in [0.25, 0.3) is 0 Å². The largest absolute Gasteiger partial charge is 0.507 e. The highest BCUT2D eigenvalue weighted by Gasteiger charge is 2.50. The molecule has 0 spiro atoms. The topological polar surface area (TPSA) is 183 Å². The molecule has 0 bridgehead atoms. The monoisotopic (exact) mass is 595 g/mol. The van der Waals surface area contributed by atoms with Crippen molar-refractivity contribution in [2.45, 2.75) is 68.9 Å². The van der Waals surface area contributed by atoms with Crippen molar-refractivity contribution in [1.82, 2.24) is 4.90 Å².